The van der Waals surface area contributed by atoms with Crippen LogP contribution in [0.4, 0.5) is 0 Å². The van der Waals surface area contributed by atoms with Crippen molar-refractivity contribution in [3.63, 3.8) is 0 Å². The van der Waals surface area contributed by atoms with Gasteiger partial charge >= 0.3 is 0 Å². The number of nitrogens with zero attached hydrogens (tertiary/aromatic N) is 4. The lowest BCUT2D eigenvalue weighted by molar-refractivity contribution is 0.668. The average Bonchev–Trinajstić information content (AvgIpc) is 4.30. The van der Waals surface area contributed by atoms with E-state index in [1.165, 1.54) is 47.6 Å². The fourth-order valence-electron chi connectivity index (χ4n) is 11.4. The van der Waals surface area contributed by atoms with Gasteiger partial charge in [-0.2, -0.15) is 0 Å². The number of furan rings is 2. The zero-order valence-electron chi connectivity index (χ0n) is 40.6. The van der Waals surface area contributed by atoms with Gasteiger partial charge in [-0.15, -0.1) is 11.3 Å². The van der Waals surface area contributed by atoms with Crippen LogP contribution in [0.5, 0.6) is 0 Å². The van der Waals surface area contributed by atoms with Crippen LogP contribution in [0.25, 0.3) is 159 Å². The molecule has 16 rings (SSSR count). The minimum absolute atomic E-state index is 0.570. The van der Waals surface area contributed by atoms with Crippen LogP contribution >= 0.6 is 11.3 Å². The molecule has 6 nitrogen and oxygen atoms in total. The van der Waals surface area contributed by atoms with Crippen molar-refractivity contribution in [1.29, 1.82) is 0 Å². The fraction of sp³-hybridized carbons (Fsp3) is 0. The molecule has 76 heavy (non-hydrogen) atoms. The molecule has 0 saturated carbocycles. The molecule has 354 valence electrons. The van der Waals surface area contributed by atoms with Gasteiger partial charge in [0.15, 0.2) is 17.5 Å². The summed E-state index contributed by atoms with van der Waals surface area (Å²) in [7, 11) is 0. The molecule has 16 aromatic rings. The average molecular weight is 989 g/mol. The molecule has 0 amide bonds. The number of thiophene rings is 1. The summed E-state index contributed by atoms with van der Waals surface area (Å²) in [6.07, 6.45) is 0. The Morgan fingerprint density at radius 3 is 1.72 bits per heavy atom. The fourth-order valence-corrected chi connectivity index (χ4v) is 12.7. The number of rotatable bonds is 7. The Morgan fingerprint density at radius 1 is 0.303 bits per heavy atom. The van der Waals surface area contributed by atoms with E-state index in [2.05, 4.69) is 187 Å². The first-order valence-corrected chi connectivity index (χ1v) is 26.3. The first kappa shape index (κ1) is 42.5. The van der Waals surface area contributed by atoms with Crippen LogP contribution in [0.1, 0.15) is 0 Å². The van der Waals surface area contributed by atoms with Crippen LogP contribution in [0, 0.1) is 0 Å². The predicted octanol–water partition coefficient (Wildman–Crippen LogP) is 19.1. The quantitative estimate of drug-likeness (QED) is 0.159. The van der Waals surface area contributed by atoms with Gasteiger partial charge in [0, 0.05) is 74.9 Å². The summed E-state index contributed by atoms with van der Waals surface area (Å²) in [5.74, 6) is 1.75. The van der Waals surface area contributed by atoms with Gasteiger partial charge in [0.1, 0.15) is 22.3 Å². The molecule has 0 N–H and O–H groups in total. The Bertz CT molecular complexity index is 4990. The van der Waals surface area contributed by atoms with Gasteiger partial charge in [0.05, 0.1) is 11.0 Å². The molecule has 0 bridgehead atoms. The Labute approximate surface area is 439 Å². The maximum absolute atomic E-state index is 6.63. The molecule has 0 spiro atoms. The lowest BCUT2D eigenvalue weighted by Gasteiger charge is -2.10. The molecular weight excluding hydrogens is 949 g/mol. The third-order valence-corrected chi connectivity index (χ3v) is 16.3. The highest BCUT2D eigenvalue weighted by Gasteiger charge is 2.21. The van der Waals surface area contributed by atoms with Crippen LogP contribution in [0.3, 0.4) is 0 Å². The highest BCUT2D eigenvalue weighted by molar-refractivity contribution is 7.26. The van der Waals surface area contributed by atoms with Crippen molar-refractivity contribution in [2.24, 2.45) is 0 Å². The van der Waals surface area contributed by atoms with Crippen LogP contribution in [-0.4, -0.2) is 19.5 Å². The Balaban J connectivity index is 0.811. The maximum Gasteiger partial charge on any atom is 0.164 e. The predicted molar refractivity (Wildman–Crippen MR) is 314 cm³/mol. The van der Waals surface area contributed by atoms with Gasteiger partial charge in [-0.3, -0.25) is 0 Å². The third kappa shape index (κ3) is 6.76. The van der Waals surface area contributed by atoms with Crippen molar-refractivity contribution in [2.45, 2.75) is 0 Å². The van der Waals surface area contributed by atoms with Crippen molar-refractivity contribution >= 4 is 97.2 Å². The number of para-hydroxylation sites is 2. The Hall–Kier alpha value is -9.95. The van der Waals surface area contributed by atoms with Crippen molar-refractivity contribution in [1.82, 2.24) is 19.5 Å². The molecule has 11 aromatic carbocycles. The summed E-state index contributed by atoms with van der Waals surface area (Å²) in [5, 5.41) is 9.16. The molecule has 0 radical (unpaired) electrons. The van der Waals surface area contributed by atoms with Gasteiger partial charge in [0.2, 0.25) is 0 Å². The summed E-state index contributed by atoms with van der Waals surface area (Å²) < 4.78 is 17.9. The maximum atomic E-state index is 6.63. The summed E-state index contributed by atoms with van der Waals surface area (Å²) in [6.45, 7) is 0. The number of fused-ring (bicyclic) bond motifs is 12. The van der Waals surface area contributed by atoms with E-state index in [1.54, 1.807) is 0 Å². The van der Waals surface area contributed by atoms with Crippen LogP contribution < -0.4 is 0 Å². The molecule has 0 fully saturated rings. The topological polar surface area (TPSA) is 69.9 Å². The highest BCUT2D eigenvalue weighted by Crippen LogP contribution is 2.44. The van der Waals surface area contributed by atoms with E-state index < -0.39 is 0 Å². The van der Waals surface area contributed by atoms with Gasteiger partial charge < -0.3 is 13.4 Å². The molecule has 0 unspecified atom stereocenters. The van der Waals surface area contributed by atoms with Crippen molar-refractivity contribution in [3.8, 4) is 73.2 Å². The lowest BCUT2D eigenvalue weighted by atomic mass is 9.98. The number of aromatic nitrogens is 4. The molecule has 0 aliphatic carbocycles. The lowest BCUT2D eigenvalue weighted by Crippen LogP contribution is -2.00. The molecule has 0 atom stereocenters. The van der Waals surface area contributed by atoms with E-state index >= 15 is 0 Å². The molecule has 5 heterocycles. The zero-order valence-corrected chi connectivity index (χ0v) is 41.4. The molecule has 0 saturated heterocycles. The first-order chi connectivity index (χ1) is 37.6. The van der Waals surface area contributed by atoms with E-state index in [9.17, 15) is 0 Å². The number of hydrogen-bond donors (Lipinski definition) is 0. The van der Waals surface area contributed by atoms with E-state index in [0.717, 1.165) is 94.0 Å². The number of hydrogen-bond acceptors (Lipinski definition) is 6. The molecule has 0 aliphatic heterocycles. The van der Waals surface area contributed by atoms with Crippen molar-refractivity contribution < 1.29 is 8.83 Å². The van der Waals surface area contributed by atoms with Crippen LogP contribution in [-0.2, 0) is 0 Å². The van der Waals surface area contributed by atoms with Crippen molar-refractivity contribution in [2.75, 3.05) is 0 Å². The van der Waals surface area contributed by atoms with E-state index in [4.69, 9.17) is 23.8 Å². The molecular formula is C69H40N4O2S. The summed E-state index contributed by atoms with van der Waals surface area (Å²) >= 11 is 1.87. The third-order valence-electron chi connectivity index (χ3n) is 15.1. The smallest absolute Gasteiger partial charge is 0.164 e. The minimum atomic E-state index is 0.570. The van der Waals surface area contributed by atoms with E-state index in [-0.39, 0.29) is 0 Å². The van der Waals surface area contributed by atoms with Gasteiger partial charge in [-0.05, 0) is 106 Å². The summed E-state index contributed by atoms with van der Waals surface area (Å²) in [4.78, 5) is 15.5. The van der Waals surface area contributed by atoms with Gasteiger partial charge in [-0.25, -0.2) is 15.0 Å². The van der Waals surface area contributed by atoms with Crippen molar-refractivity contribution in [3.05, 3.63) is 243 Å². The monoisotopic (exact) mass is 988 g/mol. The van der Waals surface area contributed by atoms with E-state index in [1.807, 2.05) is 72.0 Å². The SMILES string of the molecule is c1ccc(-c2nc(-c3ccc(-c4ccc5c(c4)oc4ccccc45)cc3)nc(-c3cccc4oc5ccc(-c6ccc7c(c6)c6ccc(-c8cccc9c8sc8ccccc89)cc6n7-c6ccccc6)cc5c34)n2)cc1. The van der Waals surface area contributed by atoms with E-state index in [0.29, 0.717) is 17.5 Å². The molecule has 7 heteroatoms. The zero-order chi connectivity index (χ0) is 49.8. The highest BCUT2D eigenvalue weighted by atomic mass is 32.1. The summed E-state index contributed by atoms with van der Waals surface area (Å²) in [6, 6.07) is 85.8. The Kier molecular flexibility index (Phi) is 9.40. The minimum Gasteiger partial charge on any atom is -0.456 e. The second-order valence-electron chi connectivity index (χ2n) is 19.5. The normalized spacial score (nSPS) is 11.9. The second-order valence-corrected chi connectivity index (χ2v) is 20.5. The molecule has 5 aromatic heterocycles. The second kappa shape index (κ2) is 16.8. The van der Waals surface area contributed by atoms with Crippen LogP contribution in [0.15, 0.2) is 251 Å². The Morgan fingerprint density at radius 2 is 0.868 bits per heavy atom. The van der Waals surface area contributed by atoms with Gasteiger partial charge in [0.25, 0.3) is 0 Å². The van der Waals surface area contributed by atoms with Crippen LogP contribution in [0.2, 0.25) is 0 Å². The first-order valence-electron chi connectivity index (χ1n) is 25.5. The standard InChI is InChI=1S/C69H40N4O2S/c1-3-13-42(14-4-1)67-70-68(43-27-25-41(26-28-43)46-29-34-52-51-17-7-9-22-60(51)75-63(52)40-46)72-69(71-67)55-21-12-23-62-65(55)57-38-45(32-36-61(57)74-62)44-31-35-58-56(37-44)50-33-30-47(39-59(50)73(58)48-15-5-2-6-16-48)49-19-11-20-54-53-18-8-10-24-64(53)76-66(49)54/h1-40H. The van der Waals surface area contributed by atoms with Gasteiger partial charge in [-0.1, -0.05) is 170 Å². The number of benzene rings is 11. The largest absolute Gasteiger partial charge is 0.456 e. The summed E-state index contributed by atoms with van der Waals surface area (Å²) in [5.41, 5.74) is 16.2. The molecule has 0 aliphatic rings.